The lowest BCUT2D eigenvalue weighted by molar-refractivity contribution is -0.120. The molecule has 0 aliphatic carbocycles. The van der Waals surface area contributed by atoms with Gasteiger partial charge in [0.2, 0.25) is 11.8 Å². The van der Waals surface area contributed by atoms with Gasteiger partial charge in [-0.3, -0.25) is 15.0 Å². The molecular weight excluding hydrogens is 309 g/mol. The maximum absolute atomic E-state index is 13.4. The Kier molecular flexibility index (Phi) is 5.15. The molecule has 5 nitrogen and oxygen atoms in total. The number of likely N-dealkylation sites (N-methyl/N-ethyl adjacent to an activating group) is 1. The Morgan fingerprint density at radius 2 is 2.23 bits per heavy atom. The van der Waals surface area contributed by atoms with E-state index in [-0.39, 0.29) is 10.9 Å². The minimum absolute atomic E-state index is 0.0814. The summed E-state index contributed by atoms with van der Waals surface area (Å²) in [5.74, 6) is -0.393. The van der Waals surface area contributed by atoms with Gasteiger partial charge in [0.1, 0.15) is 5.82 Å². The Hall–Kier alpha value is -1.92. The topological polar surface area (TPSA) is 58.4 Å². The number of benzene rings is 1. The lowest BCUT2D eigenvalue weighted by Gasteiger charge is -2.23. The zero-order chi connectivity index (χ0) is 16.3. The van der Waals surface area contributed by atoms with E-state index in [1.807, 2.05) is 0 Å². The summed E-state index contributed by atoms with van der Waals surface area (Å²) in [5.41, 5.74) is 1.42. The molecule has 0 saturated heterocycles. The van der Waals surface area contributed by atoms with Crippen LogP contribution in [0.4, 0.5) is 10.3 Å². The molecule has 0 aliphatic rings. The minimum atomic E-state index is -0.471. The van der Waals surface area contributed by atoms with Crippen molar-refractivity contribution in [3.63, 3.8) is 0 Å². The molecule has 118 valence electrons. The summed E-state index contributed by atoms with van der Waals surface area (Å²) in [6, 6.07) is 5.81. The Bertz CT molecular complexity index is 675. The quantitative estimate of drug-likeness (QED) is 0.917. The van der Waals surface area contributed by atoms with Crippen molar-refractivity contribution < 1.29 is 13.7 Å². The summed E-state index contributed by atoms with van der Waals surface area (Å²) in [5, 5.41) is 6.43. The molecule has 1 aromatic carbocycles. The predicted octanol–water partition coefficient (Wildman–Crippen LogP) is 3.23. The number of aromatic nitrogens is 1. The van der Waals surface area contributed by atoms with Crippen LogP contribution >= 0.6 is 11.6 Å². The second kappa shape index (κ2) is 6.89. The van der Waals surface area contributed by atoms with Crippen molar-refractivity contribution >= 4 is 23.4 Å². The third-order valence-electron chi connectivity index (χ3n) is 3.33. The summed E-state index contributed by atoms with van der Waals surface area (Å²) in [7, 11) is 1.78. The van der Waals surface area contributed by atoms with E-state index in [1.165, 1.54) is 12.1 Å². The van der Waals surface area contributed by atoms with Crippen LogP contribution in [0, 0.1) is 12.7 Å². The van der Waals surface area contributed by atoms with Crippen molar-refractivity contribution in [2.24, 2.45) is 0 Å². The molecular formula is C15H17ClFN3O2. The van der Waals surface area contributed by atoms with Gasteiger partial charge in [-0.05, 0) is 38.6 Å². The lowest BCUT2D eigenvalue weighted by atomic mass is 10.2. The van der Waals surface area contributed by atoms with Gasteiger partial charge in [0.15, 0.2) is 0 Å². The number of amides is 1. The van der Waals surface area contributed by atoms with Gasteiger partial charge in [0.05, 0.1) is 16.8 Å². The van der Waals surface area contributed by atoms with Gasteiger partial charge in [-0.1, -0.05) is 22.8 Å². The summed E-state index contributed by atoms with van der Waals surface area (Å²) in [4.78, 5) is 13.9. The van der Waals surface area contributed by atoms with Crippen molar-refractivity contribution in [3.05, 3.63) is 46.4 Å². The number of aryl methyl sites for hydroxylation is 1. The van der Waals surface area contributed by atoms with Crippen molar-refractivity contribution in [3.8, 4) is 0 Å². The molecule has 0 bridgehead atoms. The van der Waals surface area contributed by atoms with Gasteiger partial charge < -0.3 is 4.52 Å². The third kappa shape index (κ3) is 4.05. The lowest BCUT2D eigenvalue weighted by Crippen LogP contribution is -2.39. The van der Waals surface area contributed by atoms with E-state index in [9.17, 15) is 9.18 Å². The van der Waals surface area contributed by atoms with Gasteiger partial charge in [-0.15, -0.1) is 0 Å². The van der Waals surface area contributed by atoms with Crippen LogP contribution in [0.5, 0.6) is 0 Å². The van der Waals surface area contributed by atoms with Crippen LogP contribution < -0.4 is 5.32 Å². The predicted molar refractivity (Wildman–Crippen MR) is 82.2 cm³/mol. The molecule has 0 aliphatic heterocycles. The highest BCUT2D eigenvalue weighted by molar-refractivity contribution is 6.30. The van der Waals surface area contributed by atoms with Crippen molar-refractivity contribution in [2.75, 3.05) is 12.4 Å². The van der Waals surface area contributed by atoms with Crippen LogP contribution in [0.15, 0.2) is 28.8 Å². The first-order chi connectivity index (χ1) is 10.4. The monoisotopic (exact) mass is 325 g/mol. The van der Waals surface area contributed by atoms with Crippen LogP contribution in [0.2, 0.25) is 5.02 Å². The summed E-state index contributed by atoms with van der Waals surface area (Å²) in [6.07, 6.45) is 0. The Morgan fingerprint density at radius 1 is 1.50 bits per heavy atom. The SMILES string of the molecule is Cc1cc(NC(=O)C(C)N(C)Cc2ccc(Cl)c(F)c2)on1. The number of nitrogens with one attached hydrogen (secondary N) is 1. The number of carbonyl (C=O) groups is 1. The number of rotatable bonds is 5. The molecule has 1 unspecified atom stereocenters. The summed E-state index contributed by atoms with van der Waals surface area (Å²) < 4.78 is 18.4. The van der Waals surface area contributed by atoms with E-state index in [0.717, 1.165) is 5.56 Å². The van der Waals surface area contributed by atoms with Crippen LogP contribution in [-0.4, -0.2) is 29.1 Å². The summed E-state index contributed by atoms with van der Waals surface area (Å²) in [6.45, 7) is 3.94. The van der Waals surface area contributed by atoms with Gasteiger partial charge >= 0.3 is 0 Å². The molecule has 0 saturated carbocycles. The smallest absolute Gasteiger partial charge is 0.243 e. The highest BCUT2D eigenvalue weighted by Crippen LogP contribution is 2.17. The molecule has 2 aromatic rings. The molecule has 1 aromatic heterocycles. The van der Waals surface area contributed by atoms with Crippen LogP contribution in [0.3, 0.4) is 0 Å². The van der Waals surface area contributed by atoms with E-state index < -0.39 is 11.9 Å². The maximum Gasteiger partial charge on any atom is 0.243 e. The fourth-order valence-corrected chi connectivity index (χ4v) is 2.03. The van der Waals surface area contributed by atoms with E-state index in [0.29, 0.717) is 18.1 Å². The minimum Gasteiger partial charge on any atom is -0.338 e. The molecule has 0 fully saturated rings. The molecule has 22 heavy (non-hydrogen) atoms. The molecule has 1 heterocycles. The second-order valence-corrected chi connectivity index (χ2v) is 5.57. The van der Waals surface area contributed by atoms with E-state index in [2.05, 4.69) is 10.5 Å². The first kappa shape index (κ1) is 16.5. The van der Waals surface area contributed by atoms with Crippen LogP contribution in [-0.2, 0) is 11.3 Å². The molecule has 1 atom stereocenters. The first-order valence-electron chi connectivity index (χ1n) is 6.75. The number of halogens is 2. The number of carbonyl (C=O) groups excluding carboxylic acids is 1. The number of hydrogen-bond donors (Lipinski definition) is 1. The average molecular weight is 326 g/mol. The number of hydrogen-bond acceptors (Lipinski definition) is 4. The van der Waals surface area contributed by atoms with Crippen LogP contribution in [0.1, 0.15) is 18.2 Å². The fraction of sp³-hybridized carbons (Fsp3) is 0.333. The molecule has 1 amide bonds. The highest BCUT2D eigenvalue weighted by atomic mass is 35.5. The molecule has 7 heteroatoms. The molecule has 1 N–H and O–H groups in total. The van der Waals surface area contributed by atoms with E-state index >= 15 is 0 Å². The van der Waals surface area contributed by atoms with Crippen LogP contribution in [0.25, 0.3) is 0 Å². The fourth-order valence-electron chi connectivity index (χ4n) is 1.91. The van der Waals surface area contributed by atoms with Gasteiger partial charge in [-0.25, -0.2) is 4.39 Å². The Balaban J connectivity index is 1.97. The Morgan fingerprint density at radius 3 is 2.82 bits per heavy atom. The Labute approximate surface area is 133 Å². The van der Waals surface area contributed by atoms with Crippen molar-refractivity contribution in [2.45, 2.75) is 26.4 Å². The van der Waals surface area contributed by atoms with E-state index in [1.54, 1.807) is 37.9 Å². The van der Waals surface area contributed by atoms with Gasteiger partial charge in [0, 0.05) is 12.6 Å². The van der Waals surface area contributed by atoms with Crippen molar-refractivity contribution in [1.29, 1.82) is 0 Å². The maximum atomic E-state index is 13.4. The van der Waals surface area contributed by atoms with Crippen molar-refractivity contribution in [1.82, 2.24) is 10.1 Å². The zero-order valence-corrected chi connectivity index (χ0v) is 13.3. The molecule has 0 radical (unpaired) electrons. The van der Waals surface area contributed by atoms with Gasteiger partial charge in [0.25, 0.3) is 0 Å². The van der Waals surface area contributed by atoms with Gasteiger partial charge in [-0.2, -0.15) is 0 Å². The normalized spacial score (nSPS) is 12.5. The molecule has 2 rings (SSSR count). The second-order valence-electron chi connectivity index (χ2n) is 5.16. The third-order valence-corrected chi connectivity index (χ3v) is 3.64. The largest absolute Gasteiger partial charge is 0.338 e. The average Bonchev–Trinajstić information content (AvgIpc) is 2.87. The zero-order valence-electron chi connectivity index (χ0n) is 12.6. The number of nitrogens with zero attached hydrogens (tertiary/aromatic N) is 2. The van der Waals surface area contributed by atoms with E-state index in [4.69, 9.17) is 16.1 Å². The summed E-state index contributed by atoms with van der Waals surface area (Å²) >= 11 is 5.65. The highest BCUT2D eigenvalue weighted by Gasteiger charge is 2.19. The molecule has 0 spiro atoms. The number of anilines is 1. The first-order valence-corrected chi connectivity index (χ1v) is 7.13. The standard InChI is InChI=1S/C15H17ClFN3O2/c1-9-6-14(22-19-9)18-15(21)10(2)20(3)8-11-4-5-12(16)13(17)7-11/h4-7,10H,8H2,1-3H3,(H,18,21).